The first-order valence-electron chi connectivity index (χ1n) is 5.55. The molecule has 2 atom stereocenters. The molecule has 1 aliphatic rings. The third kappa shape index (κ3) is 1.13. The molecule has 0 fully saturated rings. The first kappa shape index (κ1) is 9.76. The van der Waals surface area contributed by atoms with Gasteiger partial charge in [0.15, 0.2) is 0 Å². The van der Waals surface area contributed by atoms with Crippen LogP contribution in [0, 0.1) is 12.8 Å². The first-order chi connectivity index (χ1) is 6.44. The molecule has 1 aromatic rings. The van der Waals surface area contributed by atoms with Crippen LogP contribution in [0.5, 0.6) is 0 Å². The Morgan fingerprint density at radius 2 is 1.79 bits per heavy atom. The van der Waals surface area contributed by atoms with Crippen molar-refractivity contribution in [1.29, 1.82) is 0 Å². The second-order valence-corrected chi connectivity index (χ2v) is 5.39. The minimum absolute atomic E-state index is 0.350. The molecule has 0 saturated carbocycles. The summed E-state index contributed by atoms with van der Waals surface area (Å²) in [4.78, 5) is 0. The molecule has 0 heteroatoms. The fourth-order valence-electron chi connectivity index (χ4n) is 2.79. The van der Waals surface area contributed by atoms with Crippen LogP contribution in [0.15, 0.2) is 18.2 Å². The highest BCUT2D eigenvalue weighted by atomic mass is 14.4. The summed E-state index contributed by atoms with van der Waals surface area (Å²) in [5, 5.41) is 0. The van der Waals surface area contributed by atoms with Crippen LogP contribution in [0.3, 0.4) is 0 Å². The summed E-state index contributed by atoms with van der Waals surface area (Å²) in [5.41, 5.74) is 4.87. The zero-order valence-corrected chi connectivity index (χ0v) is 9.89. The van der Waals surface area contributed by atoms with E-state index in [1.165, 1.54) is 5.56 Å². The van der Waals surface area contributed by atoms with E-state index in [1.54, 1.807) is 11.1 Å². The minimum Gasteiger partial charge on any atom is -0.0611 e. The van der Waals surface area contributed by atoms with Crippen molar-refractivity contribution in [2.45, 2.75) is 46.0 Å². The molecule has 0 aromatic heterocycles. The SMILES string of the molecule is Cc1ccc2c(c1)[C@@H](C)[C@@H](C)C2(C)C. The van der Waals surface area contributed by atoms with Crippen molar-refractivity contribution in [1.82, 2.24) is 0 Å². The molecule has 0 radical (unpaired) electrons. The second-order valence-electron chi connectivity index (χ2n) is 5.39. The van der Waals surface area contributed by atoms with Gasteiger partial charge in [0, 0.05) is 0 Å². The number of aryl methyl sites for hydroxylation is 1. The van der Waals surface area contributed by atoms with Crippen molar-refractivity contribution >= 4 is 0 Å². The summed E-state index contributed by atoms with van der Waals surface area (Å²) >= 11 is 0. The van der Waals surface area contributed by atoms with E-state index in [0.29, 0.717) is 11.3 Å². The summed E-state index contributed by atoms with van der Waals surface area (Å²) in [5.74, 6) is 1.46. The zero-order valence-electron chi connectivity index (χ0n) is 9.89. The quantitative estimate of drug-likeness (QED) is 0.576. The standard InChI is InChI=1S/C14H20/c1-9-6-7-13-12(8-9)10(2)11(3)14(13,4)5/h6-8,10-11H,1-5H3/t10-,11+/m0/s1. The van der Waals surface area contributed by atoms with E-state index < -0.39 is 0 Å². The van der Waals surface area contributed by atoms with Crippen LogP contribution >= 0.6 is 0 Å². The number of rotatable bonds is 0. The molecule has 76 valence electrons. The highest BCUT2D eigenvalue weighted by Gasteiger charge is 2.40. The zero-order chi connectivity index (χ0) is 10.5. The average Bonchev–Trinajstić information content (AvgIpc) is 2.28. The number of hydrogen-bond donors (Lipinski definition) is 0. The molecule has 14 heavy (non-hydrogen) atoms. The van der Waals surface area contributed by atoms with E-state index in [9.17, 15) is 0 Å². The lowest BCUT2D eigenvalue weighted by Crippen LogP contribution is -2.22. The van der Waals surface area contributed by atoms with Crippen molar-refractivity contribution in [2.75, 3.05) is 0 Å². The van der Waals surface area contributed by atoms with Crippen LogP contribution in [-0.2, 0) is 5.41 Å². The van der Waals surface area contributed by atoms with Gasteiger partial charge in [0.05, 0.1) is 0 Å². The van der Waals surface area contributed by atoms with E-state index >= 15 is 0 Å². The summed E-state index contributed by atoms with van der Waals surface area (Å²) in [6, 6.07) is 6.93. The monoisotopic (exact) mass is 188 g/mol. The molecule has 1 aromatic carbocycles. The Morgan fingerprint density at radius 1 is 1.14 bits per heavy atom. The normalized spacial score (nSPS) is 28.9. The Bertz CT molecular complexity index is 360. The van der Waals surface area contributed by atoms with Crippen molar-refractivity contribution in [3.8, 4) is 0 Å². The third-order valence-electron chi connectivity index (χ3n) is 4.28. The number of fused-ring (bicyclic) bond motifs is 1. The Kier molecular flexibility index (Phi) is 1.99. The van der Waals surface area contributed by atoms with Crippen LogP contribution in [-0.4, -0.2) is 0 Å². The lowest BCUT2D eigenvalue weighted by atomic mass is 9.77. The smallest absolute Gasteiger partial charge is 0.00694 e. The summed E-state index contributed by atoms with van der Waals surface area (Å²) < 4.78 is 0. The maximum absolute atomic E-state index is 2.38. The largest absolute Gasteiger partial charge is 0.0611 e. The summed E-state index contributed by atoms with van der Waals surface area (Å²) in [6.45, 7) is 11.7. The molecule has 0 bridgehead atoms. The third-order valence-corrected chi connectivity index (χ3v) is 4.28. The van der Waals surface area contributed by atoms with Gasteiger partial charge in [-0.15, -0.1) is 0 Å². The maximum atomic E-state index is 2.38. The molecule has 0 amide bonds. The molecule has 0 unspecified atom stereocenters. The lowest BCUT2D eigenvalue weighted by molar-refractivity contribution is 0.342. The van der Waals surface area contributed by atoms with E-state index in [0.717, 1.165) is 5.92 Å². The molecule has 0 heterocycles. The number of benzene rings is 1. The van der Waals surface area contributed by atoms with Crippen LogP contribution in [0.1, 0.15) is 50.3 Å². The lowest BCUT2D eigenvalue weighted by Gasteiger charge is -2.26. The van der Waals surface area contributed by atoms with Gasteiger partial charge in [0.1, 0.15) is 0 Å². The summed E-state index contributed by atoms with van der Waals surface area (Å²) in [6.07, 6.45) is 0. The second kappa shape index (κ2) is 2.85. The van der Waals surface area contributed by atoms with E-state index in [4.69, 9.17) is 0 Å². The molecule has 2 rings (SSSR count). The Hall–Kier alpha value is -0.780. The topological polar surface area (TPSA) is 0 Å². The Labute approximate surface area is 87.3 Å². The fraction of sp³-hybridized carbons (Fsp3) is 0.571. The fourth-order valence-corrected chi connectivity index (χ4v) is 2.79. The highest BCUT2D eigenvalue weighted by Crippen LogP contribution is 2.49. The van der Waals surface area contributed by atoms with E-state index in [2.05, 4.69) is 52.8 Å². The van der Waals surface area contributed by atoms with Gasteiger partial charge in [-0.25, -0.2) is 0 Å². The molecule has 1 aliphatic carbocycles. The minimum atomic E-state index is 0.350. The Balaban J connectivity index is 2.62. The predicted molar refractivity (Wildman–Crippen MR) is 61.8 cm³/mol. The van der Waals surface area contributed by atoms with Crippen LogP contribution < -0.4 is 0 Å². The predicted octanol–water partition coefficient (Wildman–Crippen LogP) is 4.03. The van der Waals surface area contributed by atoms with Gasteiger partial charge < -0.3 is 0 Å². The van der Waals surface area contributed by atoms with Gasteiger partial charge in [-0.1, -0.05) is 51.5 Å². The van der Waals surface area contributed by atoms with Crippen LogP contribution in [0.2, 0.25) is 0 Å². The number of hydrogen-bond acceptors (Lipinski definition) is 0. The van der Waals surface area contributed by atoms with Gasteiger partial charge in [0.2, 0.25) is 0 Å². The van der Waals surface area contributed by atoms with Crippen molar-refractivity contribution in [2.24, 2.45) is 5.92 Å². The summed E-state index contributed by atoms with van der Waals surface area (Å²) in [7, 11) is 0. The van der Waals surface area contributed by atoms with Crippen molar-refractivity contribution in [3.63, 3.8) is 0 Å². The van der Waals surface area contributed by atoms with Gasteiger partial charge in [-0.3, -0.25) is 0 Å². The average molecular weight is 188 g/mol. The van der Waals surface area contributed by atoms with Crippen molar-refractivity contribution < 1.29 is 0 Å². The van der Waals surface area contributed by atoms with Crippen molar-refractivity contribution in [3.05, 3.63) is 34.9 Å². The van der Waals surface area contributed by atoms with Gasteiger partial charge in [0.25, 0.3) is 0 Å². The van der Waals surface area contributed by atoms with Gasteiger partial charge in [-0.05, 0) is 35.3 Å². The molecule has 0 N–H and O–H groups in total. The molecular formula is C14H20. The molecule has 0 spiro atoms. The van der Waals surface area contributed by atoms with Crippen LogP contribution in [0.4, 0.5) is 0 Å². The first-order valence-corrected chi connectivity index (χ1v) is 5.55. The molecule has 0 saturated heterocycles. The highest BCUT2D eigenvalue weighted by molar-refractivity contribution is 5.44. The molecule has 0 nitrogen and oxygen atoms in total. The maximum Gasteiger partial charge on any atom is -0.00694 e. The van der Waals surface area contributed by atoms with E-state index in [-0.39, 0.29) is 0 Å². The Morgan fingerprint density at radius 3 is 2.43 bits per heavy atom. The van der Waals surface area contributed by atoms with Gasteiger partial charge >= 0.3 is 0 Å². The van der Waals surface area contributed by atoms with Crippen LogP contribution in [0.25, 0.3) is 0 Å². The van der Waals surface area contributed by atoms with Gasteiger partial charge in [-0.2, -0.15) is 0 Å². The molecule has 0 aliphatic heterocycles. The van der Waals surface area contributed by atoms with E-state index in [1.807, 2.05) is 0 Å². The molecular weight excluding hydrogens is 168 g/mol.